The Balaban J connectivity index is 1.30. The molecule has 1 amide bonds. The molecular formula is C35H42N4O. The molecule has 40 heavy (non-hydrogen) atoms. The van der Waals surface area contributed by atoms with Crippen molar-refractivity contribution in [2.24, 2.45) is 5.92 Å². The first-order valence-electron chi connectivity index (χ1n) is 14.9. The van der Waals surface area contributed by atoms with Gasteiger partial charge >= 0.3 is 0 Å². The van der Waals surface area contributed by atoms with E-state index in [1.54, 1.807) is 0 Å². The van der Waals surface area contributed by atoms with Crippen molar-refractivity contribution < 1.29 is 4.79 Å². The molecule has 1 saturated carbocycles. The van der Waals surface area contributed by atoms with Gasteiger partial charge in [-0.3, -0.25) is 9.78 Å². The molecule has 5 nitrogen and oxygen atoms in total. The van der Waals surface area contributed by atoms with E-state index in [-0.39, 0.29) is 5.91 Å². The lowest BCUT2D eigenvalue weighted by Gasteiger charge is -2.35. The molecular weight excluding hydrogens is 492 g/mol. The molecule has 2 N–H and O–H groups in total. The number of pyridine rings is 1. The molecule has 0 spiro atoms. The highest BCUT2D eigenvalue weighted by molar-refractivity contribution is 5.94. The van der Waals surface area contributed by atoms with Gasteiger partial charge < -0.3 is 15.2 Å². The number of carbonyl (C=O) groups excluding carboxylic acids is 1. The lowest BCUT2D eigenvalue weighted by molar-refractivity contribution is -0.138. The number of nitrogens with one attached hydrogen (secondary N) is 2. The van der Waals surface area contributed by atoms with Crippen molar-refractivity contribution in [3.63, 3.8) is 0 Å². The molecule has 6 rings (SSSR count). The number of amides is 1. The van der Waals surface area contributed by atoms with Crippen LogP contribution in [0.15, 0.2) is 60.9 Å². The molecule has 2 fully saturated rings. The Hall–Kier alpha value is -3.44. The average Bonchev–Trinajstić information content (AvgIpc) is 3.67. The summed E-state index contributed by atoms with van der Waals surface area (Å²) in [4.78, 5) is 23.9. The Morgan fingerprint density at radius 1 is 1.00 bits per heavy atom. The van der Waals surface area contributed by atoms with Crippen LogP contribution in [0.2, 0.25) is 0 Å². The topological polar surface area (TPSA) is 61.0 Å². The maximum atomic E-state index is 13.8. The van der Waals surface area contributed by atoms with Crippen LogP contribution >= 0.6 is 0 Å². The van der Waals surface area contributed by atoms with Crippen LogP contribution in [-0.2, 0) is 23.1 Å². The second-order valence-electron chi connectivity index (χ2n) is 12.6. The first kappa shape index (κ1) is 26.8. The normalized spacial score (nSPS) is 18.6. The maximum Gasteiger partial charge on any atom is 0.232 e. The highest BCUT2D eigenvalue weighted by atomic mass is 16.2. The summed E-state index contributed by atoms with van der Waals surface area (Å²) in [7, 11) is 0. The molecule has 5 heteroatoms. The SMILES string of the molecule is Cc1cc(C)cc(-c2[nH]c3ccc(C(C)(C)C(=O)N4C[C@H]5CC[C@@H]4C5)cc3c2CCNCCc2ccncc2)c1. The highest BCUT2D eigenvalue weighted by Crippen LogP contribution is 2.41. The average molecular weight is 535 g/mol. The van der Waals surface area contributed by atoms with Crippen molar-refractivity contribution >= 4 is 16.8 Å². The van der Waals surface area contributed by atoms with Crippen molar-refractivity contribution in [2.75, 3.05) is 19.6 Å². The molecule has 1 aliphatic carbocycles. The standard InChI is InChI=1S/C35H42N4O/c1-23-17-24(2)19-27(18-23)33-30(12-16-37-15-11-25-9-13-36-14-10-25)31-21-28(6-8-32(31)38-33)35(3,4)34(40)39-22-26-5-7-29(39)20-26/h6,8-10,13-14,17-19,21,26,29,37-38H,5,7,11-12,15-16,20,22H2,1-4H3/t26-,29+/m0/s1. The predicted molar refractivity (Wildman–Crippen MR) is 164 cm³/mol. The van der Waals surface area contributed by atoms with Gasteiger partial charge in [-0.25, -0.2) is 0 Å². The Labute approximate surface area is 238 Å². The second kappa shape index (κ2) is 10.9. The van der Waals surface area contributed by atoms with E-state index < -0.39 is 5.41 Å². The van der Waals surface area contributed by atoms with Crippen LogP contribution in [0.5, 0.6) is 0 Å². The predicted octanol–water partition coefficient (Wildman–Crippen LogP) is 6.51. The van der Waals surface area contributed by atoms with E-state index in [1.165, 1.54) is 58.2 Å². The van der Waals surface area contributed by atoms with E-state index in [1.807, 2.05) is 12.4 Å². The Morgan fingerprint density at radius 3 is 2.45 bits per heavy atom. The zero-order chi connectivity index (χ0) is 27.9. The van der Waals surface area contributed by atoms with Crippen molar-refractivity contribution in [1.82, 2.24) is 20.2 Å². The van der Waals surface area contributed by atoms with Crippen LogP contribution in [0, 0.1) is 19.8 Å². The molecule has 1 saturated heterocycles. The quantitative estimate of drug-likeness (QED) is 0.241. The van der Waals surface area contributed by atoms with Crippen molar-refractivity contribution in [3.8, 4) is 11.3 Å². The van der Waals surface area contributed by atoms with Gasteiger partial charge in [0.15, 0.2) is 0 Å². The number of aromatic amines is 1. The number of H-pyrrole nitrogens is 1. The third-order valence-corrected chi connectivity index (χ3v) is 9.23. The number of nitrogens with zero attached hydrogens (tertiary/aromatic N) is 2. The van der Waals surface area contributed by atoms with Gasteiger partial charge in [0, 0.05) is 41.6 Å². The summed E-state index contributed by atoms with van der Waals surface area (Å²) in [6.07, 6.45) is 9.25. The molecule has 2 aromatic carbocycles. The monoisotopic (exact) mass is 534 g/mol. The first-order chi connectivity index (χ1) is 19.3. The number of rotatable bonds is 9. The third-order valence-electron chi connectivity index (χ3n) is 9.23. The van der Waals surface area contributed by atoms with Gasteiger partial charge in [-0.15, -0.1) is 0 Å². The van der Waals surface area contributed by atoms with Crippen LogP contribution < -0.4 is 5.32 Å². The fourth-order valence-corrected chi connectivity index (χ4v) is 7.04. The first-order valence-corrected chi connectivity index (χ1v) is 14.9. The minimum absolute atomic E-state index is 0.281. The van der Waals surface area contributed by atoms with E-state index in [0.717, 1.165) is 43.6 Å². The molecule has 208 valence electrons. The van der Waals surface area contributed by atoms with Gasteiger partial charge in [0.2, 0.25) is 5.91 Å². The highest BCUT2D eigenvalue weighted by Gasteiger charge is 2.45. The minimum Gasteiger partial charge on any atom is -0.354 e. The number of aromatic nitrogens is 2. The maximum absolute atomic E-state index is 13.8. The lowest BCUT2D eigenvalue weighted by atomic mass is 9.82. The Bertz CT molecular complexity index is 1500. The van der Waals surface area contributed by atoms with E-state index in [0.29, 0.717) is 12.0 Å². The summed E-state index contributed by atoms with van der Waals surface area (Å²) >= 11 is 0. The number of piperidine rings is 1. The number of aryl methyl sites for hydroxylation is 2. The molecule has 2 aromatic heterocycles. The van der Waals surface area contributed by atoms with E-state index >= 15 is 0 Å². The zero-order valence-corrected chi connectivity index (χ0v) is 24.4. The summed E-state index contributed by atoms with van der Waals surface area (Å²) < 4.78 is 0. The second-order valence-corrected chi connectivity index (χ2v) is 12.6. The third kappa shape index (κ3) is 5.19. The molecule has 2 aliphatic rings. The van der Waals surface area contributed by atoms with Crippen molar-refractivity contribution in [1.29, 1.82) is 0 Å². The Kier molecular flexibility index (Phi) is 7.26. The number of benzene rings is 2. The van der Waals surface area contributed by atoms with Gasteiger partial charge in [-0.05, 0) is 137 Å². The van der Waals surface area contributed by atoms with Crippen molar-refractivity contribution in [3.05, 3.63) is 88.7 Å². The number of hydrogen-bond acceptors (Lipinski definition) is 3. The van der Waals surface area contributed by atoms with Crippen LogP contribution in [0.3, 0.4) is 0 Å². The zero-order valence-electron chi connectivity index (χ0n) is 24.4. The van der Waals surface area contributed by atoms with Gasteiger partial charge in [0.1, 0.15) is 0 Å². The number of fused-ring (bicyclic) bond motifs is 3. The number of carbonyl (C=O) groups is 1. The lowest BCUT2D eigenvalue weighted by Crippen LogP contribution is -2.47. The molecule has 1 aliphatic heterocycles. The van der Waals surface area contributed by atoms with Crippen LogP contribution in [0.1, 0.15) is 60.9 Å². The molecule has 2 bridgehead atoms. The summed E-state index contributed by atoms with van der Waals surface area (Å²) in [5.74, 6) is 0.985. The molecule has 0 radical (unpaired) electrons. The van der Waals surface area contributed by atoms with E-state index in [9.17, 15) is 4.79 Å². The smallest absolute Gasteiger partial charge is 0.232 e. The van der Waals surface area contributed by atoms with Gasteiger partial charge in [0.05, 0.1) is 5.41 Å². The van der Waals surface area contributed by atoms with Crippen molar-refractivity contribution in [2.45, 2.75) is 71.3 Å². The minimum atomic E-state index is -0.559. The number of likely N-dealkylation sites (tertiary alicyclic amines) is 1. The van der Waals surface area contributed by atoms with Crippen LogP contribution in [0.4, 0.5) is 0 Å². The number of hydrogen-bond donors (Lipinski definition) is 2. The molecule has 2 atom stereocenters. The summed E-state index contributed by atoms with van der Waals surface area (Å²) in [5.41, 5.74) is 9.25. The summed E-state index contributed by atoms with van der Waals surface area (Å²) in [5, 5.41) is 4.89. The molecule has 0 unspecified atom stereocenters. The largest absolute Gasteiger partial charge is 0.354 e. The van der Waals surface area contributed by atoms with Gasteiger partial charge in [-0.2, -0.15) is 0 Å². The van der Waals surface area contributed by atoms with E-state index in [2.05, 4.69) is 96.4 Å². The fourth-order valence-electron chi connectivity index (χ4n) is 7.04. The van der Waals surface area contributed by atoms with Crippen LogP contribution in [0.25, 0.3) is 22.2 Å². The Morgan fingerprint density at radius 2 is 1.75 bits per heavy atom. The van der Waals surface area contributed by atoms with E-state index in [4.69, 9.17) is 0 Å². The summed E-state index contributed by atoms with van der Waals surface area (Å²) in [6, 6.07) is 18.0. The van der Waals surface area contributed by atoms with Crippen LogP contribution in [-0.4, -0.2) is 46.5 Å². The molecule has 3 heterocycles. The summed E-state index contributed by atoms with van der Waals surface area (Å²) in [6.45, 7) is 11.3. The van der Waals surface area contributed by atoms with Gasteiger partial charge in [0.25, 0.3) is 0 Å². The fraction of sp³-hybridized carbons (Fsp3) is 0.429. The molecule has 4 aromatic rings. The van der Waals surface area contributed by atoms with Gasteiger partial charge in [-0.1, -0.05) is 23.3 Å².